The molecule has 0 aliphatic rings. The summed E-state index contributed by atoms with van der Waals surface area (Å²) in [5.41, 5.74) is 0.559. The molecule has 120 valence electrons. The molecule has 1 N–H and O–H groups in total. The molecule has 0 aliphatic carbocycles. The van der Waals surface area contributed by atoms with Gasteiger partial charge in [0.2, 0.25) is 0 Å². The summed E-state index contributed by atoms with van der Waals surface area (Å²) in [6.45, 7) is 7.19. The lowest BCUT2D eigenvalue weighted by Crippen LogP contribution is -2.45. The van der Waals surface area contributed by atoms with Crippen LogP contribution in [0.3, 0.4) is 0 Å². The first kappa shape index (κ1) is 17.9. The van der Waals surface area contributed by atoms with Gasteiger partial charge in [-0.05, 0) is 43.5 Å². The van der Waals surface area contributed by atoms with E-state index >= 15 is 0 Å². The van der Waals surface area contributed by atoms with Gasteiger partial charge in [-0.1, -0.05) is 26.8 Å². The Morgan fingerprint density at radius 3 is 2.29 bits per heavy atom. The monoisotopic (exact) mass is 297 g/mol. The third kappa shape index (κ3) is 3.95. The fourth-order valence-electron chi connectivity index (χ4n) is 2.82. The summed E-state index contributed by atoms with van der Waals surface area (Å²) in [5.74, 6) is -0.0699. The molecule has 0 fully saturated rings. The number of hydrogen-bond acceptors (Lipinski definition) is 3. The van der Waals surface area contributed by atoms with Crippen LogP contribution < -0.4 is 10.1 Å². The normalized spacial score (nSPS) is 13.2. The van der Waals surface area contributed by atoms with Gasteiger partial charge in [-0.3, -0.25) is 0 Å². The van der Waals surface area contributed by atoms with Crippen molar-refractivity contribution < 1.29 is 13.9 Å². The van der Waals surface area contributed by atoms with Gasteiger partial charge in [0.05, 0.1) is 18.8 Å². The van der Waals surface area contributed by atoms with Gasteiger partial charge in [-0.15, -0.1) is 0 Å². The lowest BCUT2D eigenvalue weighted by Gasteiger charge is -2.39. The highest BCUT2D eigenvalue weighted by Gasteiger charge is 2.36. The van der Waals surface area contributed by atoms with Crippen LogP contribution >= 0.6 is 0 Å². The van der Waals surface area contributed by atoms with Crippen LogP contribution in [0.15, 0.2) is 18.2 Å². The number of halogens is 1. The van der Waals surface area contributed by atoms with E-state index < -0.39 is 0 Å². The Labute approximate surface area is 127 Å². The summed E-state index contributed by atoms with van der Waals surface area (Å²) >= 11 is 0. The minimum atomic E-state index is -0.337. The van der Waals surface area contributed by atoms with Gasteiger partial charge in [0.25, 0.3) is 0 Å². The number of hydrogen-bond donors (Lipinski definition) is 1. The van der Waals surface area contributed by atoms with Gasteiger partial charge < -0.3 is 14.8 Å². The molecule has 3 nitrogen and oxygen atoms in total. The van der Waals surface area contributed by atoms with Gasteiger partial charge in [-0.25, -0.2) is 4.39 Å². The van der Waals surface area contributed by atoms with Crippen molar-refractivity contribution in [3.8, 4) is 5.75 Å². The molecule has 0 aromatic heterocycles. The maximum Gasteiger partial charge on any atom is 0.165 e. The van der Waals surface area contributed by atoms with Crippen LogP contribution in [0.25, 0.3) is 0 Å². The average Bonchev–Trinajstić information content (AvgIpc) is 2.52. The van der Waals surface area contributed by atoms with E-state index in [9.17, 15) is 4.39 Å². The Kier molecular flexibility index (Phi) is 7.12. The van der Waals surface area contributed by atoms with Gasteiger partial charge in [0.1, 0.15) is 0 Å². The molecule has 0 heterocycles. The molecule has 1 atom stereocenters. The largest absolute Gasteiger partial charge is 0.494 e. The van der Waals surface area contributed by atoms with Crippen molar-refractivity contribution in [1.82, 2.24) is 5.32 Å². The SMILES string of the molecule is CCCNC(c1ccc(OC)c(F)c1)C(CC)(CC)OC. The van der Waals surface area contributed by atoms with E-state index in [4.69, 9.17) is 9.47 Å². The molecule has 0 spiro atoms. The predicted octanol–water partition coefficient (Wildman–Crippen LogP) is 4.08. The molecule has 0 aliphatic heterocycles. The highest BCUT2D eigenvalue weighted by molar-refractivity contribution is 5.32. The van der Waals surface area contributed by atoms with E-state index in [0.717, 1.165) is 31.4 Å². The lowest BCUT2D eigenvalue weighted by atomic mass is 9.83. The van der Waals surface area contributed by atoms with Crippen molar-refractivity contribution in [3.05, 3.63) is 29.6 Å². The van der Waals surface area contributed by atoms with Crippen LogP contribution in [0.4, 0.5) is 4.39 Å². The van der Waals surface area contributed by atoms with E-state index in [1.807, 2.05) is 6.07 Å². The first-order chi connectivity index (χ1) is 10.1. The van der Waals surface area contributed by atoms with E-state index in [0.29, 0.717) is 0 Å². The van der Waals surface area contributed by atoms with Gasteiger partial charge in [0, 0.05) is 7.11 Å². The maximum absolute atomic E-state index is 14.0. The Morgan fingerprint density at radius 1 is 1.19 bits per heavy atom. The molecule has 1 aromatic rings. The molecule has 21 heavy (non-hydrogen) atoms. The highest BCUT2D eigenvalue weighted by atomic mass is 19.1. The quantitative estimate of drug-likeness (QED) is 0.745. The Bertz CT molecular complexity index is 425. The van der Waals surface area contributed by atoms with Crippen LogP contribution in [0.5, 0.6) is 5.75 Å². The Balaban J connectivity index is 3.20. The zero-order valence-electron chi connectivity index (χ0n) is 13.8. The van der Waals surface area contributed by atoms with Gasteiger partial charge in [-0.2, -0.15) is 0 Å². The van der Waals surface area contributed by atoms with Gasteiger partial charge >= 0.3 is 0 Å². The molecule has 1 unspecified atom stereocenters. The van der Waals surface area contributed by atoms with Crippen LogP contribution in [0.1, 0.15) is 51.6 Å². The molecule has 4 heteroatoms. The molecule has 0 amide bonds. The van der Waals surface area contributed by atoms with Crippen molar-refractivity contribution in [3.63, 3.8) is 0 Å². The molecule has 1 rings (SSSR count). The summed E-state index contributed by atoms with van der Waals surface area (Å²) in [4.78, 5) is 0. The topological polar surface area (TPSA) is 30.5 Å². The fraction of sp³-hybridized carbons (Fsp3) is 0.647. The molecule has 0 bridgehead atoms. The minimum Gasteiger partial charge on any atom is -0.494 e. The van der Waals surface area contributed by atoms with Gasteiger partial charge in [0.15, 0.2) is 11.6 Å². The smallest absolute Gasteiger partial charge is 0.165 e. The zero-order valence-corrected chi connectivity index (χ0v) is 13.8. The number of methoxy groups -OCH3 is 2. The first-order valence-electron chi connectivity index (χ1n) is 7.70. The third-order valence-corrected chi connectivity index (χ3v) is 4.24. The van der Waals surface area contributed by atoms with E-state index in [2.05, 4.69) is 26.1 Å². The van der Waals surface area contributed by atoms with Crippen molar-refractivity contribution in [2.24, 2.45) is 0 Å². The average molecular weight is 297 g/mol. The summed E-state index contributed by atoms with van der Waals surface area (Å²) in [7, 11) is 3.20. The molecule has 0 saturated carbocycles. The van der Waals surface area contributed by atoms with E-state index in [1.165, 1.54) is 7.11 Å². The summed E-state index contributed by atoms with van der Waals surface area (Å²) in [6.07, 6.45) is 2.73. The van der Waals surface area contributed by atoms with Crippen molar-refractivity contribution in [1.29, 1.82) is 0 Å². The minimum absolute atomic E-state index is 0.0437. The predicted molar refractivity (Wildman–Crippen MR) is 84.3 cm³/mol. The second-order valence-electron chi connectivity index (χ2n) is 5.26. The van der Waals surface area contributed by atoms with E-state index in [1.54, 1.807) is 19.2 Å². The first-order valence-corrected chi connectivity index (χ1v) is 7.70. The van der Waals surface area contributed by atoms with Crippen molar-refractivity contribution >= 4 is 0 Å². The highest BCUT2D eigenvalue weighted by Crippen LogP contribution is 2.36. The second-order valence-corrected chi connectivity index (χ2v) is 5.26. The molecule has 0 radical (unpaired) electrons. The molecule has 0 saturated heterocycles. The molecular formula is C17H28FNO2. The maximum atomic E-state index is 14.0. The Hall–Kier alpha value is -1.13. The van der Waals surface area contributed by atoms with Crippen LogP contribution in [-0.2, 0) is 4.74 Å². The fourth-order valence-corrected chi connectivity index (χ4v) is 2.82. The number of ether oxygens (including phenoxy) is 2. The number of rotatable bonds is 9. The Morgan fingerprint density at radius 2 is 1.86 bits per heavy atom. The second kappa shape index (κ2) is 8.35. The molecular weight excluding hydrogens is 269 g/mol. The summed E-state index contributed by atoms with van der Waals surface area (Å²) in [6, 6.07) is 5.09. The van der Waals surface area contributed by atoms with Crippen LogP contribution in [0, 0.1) is 5.82 Å². The van der Waals surface area contributed by atoms with Crippen molar-refractivity contribution in [2.75, 3.05) is 20.8 Å². The number of nitrogens with one attached hydrogen (secondary N) is 1. The van der Waals surface area contributed by atoms with Crippen LogP contribution in [-0.4, -0.2) is 26.4 Å². The number of benzene rings is 1. The molecule has 1 aromatic carbocycles. The van der Waals surface area contributed by atoms with Crippen LogP contribution in [0.2, 0.25) is 0 Å². The summed E-state index contributed by atoms with van der Waals surface area (Å²) in [5, 5.41) is 3.51. The standard InChI is InChI=1S/C17H28FNO2/c1-6-11-19-16(17(7-2,8-3)21-5)13-9-10-15(20-4)14(18)12-13/h9-10,12,16,19H,6-8,11H2,1-5H3. The third-order valence-electron chi connectivity index (χ3n) is 4.24. The van der Waals surface area contributed by atoms with Crippen molar-refractivity contribution in [2.45, 2.75) is 51.7 Å². The lowest BCUT2D eigenvalue weighted by molar-refractivity contribution is -0.0486. The summed E-state index contributed by atoms with van der Waals surface area (Å²) < 4.78 is 24.9. The zero-order chi connectivity index (χ0) is 15.9. The van der Waals surface area contributed by atoms with E-state index in [-0.39, 0.29) is 23.2 Å².